The standard InChI is InChI=1S/C13H16O3/c1-15-10-13(9-12(14)7-8-16-13)11-5-3-2-4-6-11/h2-6H,7-10H2,1H3. The number of carbonyl (C=O) groups excluding carboxylic acids is 1. The Balaban J connectivity index is 2.31. The van der Waals surface area contributed by atoms with E-state index in [9.17, 15) is 4.79 Å². The van der Waals surface area contributed by atoms with Gasteiger partial charge in [-0.25, -0.2) is 0 Å². The van der Waals surface area contributed by atoms with E-state index in [-0.39, 0.29) is 5.78 Å². The van der Waals surface area contributed by atoms with Crippen LogP contribution in [0.25, 0.3) is 0 Å². The fourth-order valence-electron chi connectivity index (χ4n) is 2.15. The van der Waals surface area contributed by atoms with Crippen LogP contribution in [0.15, 0.2) is 30.3 Å². The van der Waals surface area contributed by atoms with Gasteiger partial charge >= 0.3 is 0 Å². The fraction of sp³-hybridized carbons (Fsp3) is 0.462. The van der Waals surface area contributed by atoms with Gasteiger partial charge in [-0.1, -0.05) is 30.3 Å². The molecule has 86 valence electrons. The van der Waals surface area contributed by atoms with Gasteiger partial charge in [-0.3, -0.25) is 4.79 Å². The maximum absolute atomic E-state index is 11.6. The van der Waals surface area contributed by atoms with Crippen molar-refractivity contribution in [3.8, 4) is 0 Å². The summed E-state index contributed by atoms with van der Waals surface area (Å²) in [6.07, 6.45) is 0.920. The van der Waals surface area contributed by atoms with Crippen LogP contribution < -0.4 is 0 Å². The van der Waals surface area contributed by atoms with Crippen LogP contribution in [-0.4, -0.2) is 26.1 Å². The molecule has 0 amide bonds. The molecule has 0 spiro atoms. The highest BCUT2D eigenvalue weighted by molar-refractivity contribution is 5.80. The first-order valence-corrected chi connectivity index (χ1v) is 5.47. The molecule has 1 saturated heterocycles. The number of Topliss-reactive ketones (excluding diaryl/α,β-unsaturated/α-hetero) is 1. The van der Waals surface area contributed by atoms with Gasteiger partial charge in [0.15, 0.2) is 0 Å². The maximum atomic E-state index is 11.6. The van der Waals surface area contributed by atoms with Gasteiger partial charge in [0.05, 0.1) is 13.2 Å². The summed E-state index contributed by atoms with van der Waals surface area (Å²) in [6.45, 7) is 0.903. The molecule has 0 N–H and O–H groups in total. The molecular formula is C13H16O3. The smallest absolute Gasteiger partial charge is 0.138 e. The Kier molecular flexibility index (Phi) is 3.36. The quantitative estimate of drug-likeness (QED) is 0.780. The molecule has 1 atom stereocenters. The molecule has 0 bridgehead atoms. The van der Waals surface area contributed by atoms with Crippen LogP contribution in [0, 0.1) is 0 Å². The first kappa shape index (κ1) is 11.3. The molecule has 1 aliphatic rings. The lowest BCUT2D eigenvalue weighted by molar-refractivity contribution is -0.151. The molecule has 1 unspecified atom stereocenters. The van der Waals surface area contributed by atoms with Crippen molar-refractivity contribution in [1.82, 2.24) is 0 Å². The second kappa shape index (κ2) is 4.76. The summed E-state index contributed by atoms with van der Waals surface area (Å²) in [4.78, 5) is 11.6. The van der Waals surface area contributed by atoms with E-state index in [4.69, 9.17) is 9.47 Å². The summed E-state index contributed by atoms with van der Waals surface area (Å²) in [7, 11) is 1.63. The molecule has 1 aliphatic heterocycles. The van der Waals surface area contributed by atoms with Crippen LogP contribution >= 0.6 is 0 Å². The highest BCUT2D eigenvalue weighted by Crippen LogP contribution is 2.33. The summed E-state index contributed by atoms with van der Waals surface area (Å²) in [5.74, 6) is 0.243. The van der Waals surface area contributed by atoms with Crippen LogP contribution in [0.2, 0.25) is 0 Å². The lowest BCUT2D eigenvalue weighted by atomic mass is 9.86. The van der Waals surface area contributed by atoms with Crippen molar-refractivity contribution in [1.29, 1.82) is 0 Å². The van der Waals surface area contributed by atoms with Gasteiger partial charge in [0.2, 0.25) is 0 Å². The Morgan fingerprint density at radius 2 is 2.12 bits per heavy atom. The van der Waals surface area contributed by atoms with Crippen molar-refractivity contribution in [2.24, 2.45) is 0 Å². The summed E-state index contributed by atoms with van der Waals surface area (Å²) in [5, 5.41) is 0. The molecule has 1 fully saturated rings. The van der Waals surface area contributed by atoms with Crippen molar-refractivity contribution in [3.63, 3.8) is 0 Å². The molecule has 1 aromatic carbocycles. The van der Waals surface area contributed by atoms with Crippen molar-refractivity contribution < 1.29 is 14.3 Å². The van der Waals surface area contributed by atoms with Crippen LogP contribution in [0.1, 0.15) is 18.4 Å². The lowest BCUT2D eigenvalue weighted by Gasteiger charge is -2.36. The van der Waals surface area contributed by atoms with E-state index in [2.05, 4.69) is 0 Å². The lowest BCUT2D eigenvalue weighted by Crippen LogP contribution is -2.41. The minimum Gasteiger partial charge on any atom is -0.381 e. The molecule has 3 nitrogen and oxygen atoms in total. The normalized spacial score (nSPS) is 25.7. The van der Waals surface area contributed by atoms with Gasteiger partial charge in [-0.05, 0) is 5.56 Å². The molecule has 1 heterocycles. The van der Waals surface area contributed by atoms with Gasteiger partial charge in [-0.15, -0.1) is 0 Å². The number of rotatable bonds is 3. The zero-order valence-electron chi connectivity index (χ0n) is 9.44. The van der Waals surface area contributed by atoms with E-state index in [1.54, 1.807) is 7.11 Å². The minimum atomic E-state index is -0.578. The van der Waals surface area contributed by atoms with Crippen molar-refractivity contribution in [3.05, 3.63) is 35.9 Å². The first-order chi connectivity index (χ1) is 7.77. The second-order valence-corrected chi connectivity index (χ2v) is 4.11. The van der Waals surface area contributed by atoms with E-state index in [1.807, 2.05) is 30.3 Å². The molecule has 16 heavy (non-hydrogen) atoms. The topological polar surface area (TPSA) is 35.5 Å². The molecule has 3 heteroatoms. The number of methoxy groups -OCH3 is 1. The average Bonchev–Trinajstić information content (AvgIpc) is 2.31. The highest BCUT2D eigenvalue weighted by Gasteiger charge is 2.38. The van der Waals surface area contributed by atoms with Crippen LogP contribution in [0.4, 0.5) is 0 Å². The van der Waals surface area contributed by atoms with Crippen molar-refractivity contribution in [2.45, 2.75) is 18.4 Å². The van der Waals surface area contributed by atoms with Gasteiger partial charge in [-0.2, -0.15) is 0 Å². The largest absolute Gasteiger partial charge is 0.381 e. The SMILES string of the molecule is COCC1(c2ccccc2)CC(=O)CCO1. The Bertz CT molecular complexity index is 357. The first-order valence-electron chi connectivity index (χ1n) is 5.47. The third-order valence-electron chi connectivity index (χ3n) is 2.92. The zero-order chi connectivity index (χ0) is 11.4. The predicted octanol–water partition coefficient (Wildman–Crippen LogP) is 1.91. The summed E-state index contributed by atoms with van der Waals surface area (Å²) < 4.78 is 11.0. The van der Waals surface area contributed by atoms with Gasteiger partial charge < -0.3 is 9.47 Å². The van der Waals surface area contributed by atoms with E-state index in [0.717, 1.165) is 5.56 Å². The monoisotopic (exact) mass is 220 g/mol. The van der Waals surface area contributed by atoms with E-state index < -0.39 is 5.60 Å². The summed E-state index contributed by atoms with van der Waals surface area (Å²) in [6, 6.07) is 9.83. The summed E-state index contributed by atoms with van der Waals surface area (Å²) >= 11 is 0. The summed E-state index contributed by atoms with van der Waals surface area (Å²) in [5.41, 5.74) is 0.440. The predicted molar refractivity (Wildman–Crippen MR) is 60.2 cm³/mol. The van der Waals surface area contributed by atoms with Gasteiger partial charge in [0.25, 0.3) is 0 Å². The number of hydrogen-bond donors (Lipinski definition) is 0. The Morgan fingerprint density at radius 3 is 2.75 bits per heavy atom. The molecule has 1 aromatic rings. The second-order valence-electron chi connectivity index (χ2n) is 4.11. The van der Waals surface area contributed by atoms with Crippen LogP contribution in [0.5, 0.6) is 0 Å². The van der Waals surface area contributed by atoms with E-state index in [0.29, 0.717) is 26.1 Å². The Morgan fingerprint density at radius 1 is 1.38 bits per heavy atom. The van der Waals surface area contributed by atoms with Gasteiger partial charge in [0.1, 0.15) is 11.4 Å². The number of hydrogen-bond acceptors (Lipinski definition) is 3. The van der Waals surface area contributed by atoms with Crippen LogP contribution in [0.3, 0.4) is 0 Å². The molecule has 0 aliphatic carbocycles. The highest BCUT2D eigenvalue weighted by atomic mass is 16.5. The molecule has 0 aromatic heterocycles. The Labute approximate surface area is 95.4 Å². The molecule has 0 saturated carbocycles. The number of benzene rings is 1. The maximum Gasteiger partial charge on any atom is 0.138 e. The van der Waals surface area contributed by atoms with E-state index in [1.165, 1.54) is 0 Å². The third kappa shape index (κ3) is 2.15. The molecule has 2 rings (SSSR count). The van der Waals surface area contributed by atoms with Crippen LogP contribution in [-0.2, 0) is 19.9 Å². The number of carbonyl (C=O) groups is 1. The molecule has 0 radical (unpaired) electrons. The zero-order valence-corrected chi connectivity index (χ0v) is 9.44. The number of ketones is 1. The fourth-order valence-corrected chi connectivity index (χ4v) is 2.15. The van der Waals surface area contributed by atoms with Crippen molar-refractivity contribution in [2.75, 3.05) is 20.3 Å². The number of ether oxygens (including phenoxy) is 2. The molecular weight excluding hydrogens is 204 g/mol. The van der Waals surface area contributed by atoms with Crippen molar-refractivity contribution >= 4 is 5.78 Å². The Hall–Kier alpha value is -1.19. The van der Waals surface area contributed by atoms with E-state index >= 15 is 0 Å². The average molecular weight is 220 g/mol. The minimum absolute atomic E-state index is 0.243. The third-order valence-corrected chi connectivity index (χ3v) is 2.92. The van der Waals surface area contributed by atoms with Gasteiger partial charge in [0, 0.05) is 20.0 Å².